The predicted octanol–water partition coefficient (Wildman–Crippen LogP) is 2.72. The predicted molar refractivity (Wildman–Crippen MR) is 59.6 cm³/mol. The lowest BCUT2D eigenvalue weighted by atomic mass is 9.56. The van der Waals surface area contributed by atoms with E-state index in [1.54, 1.807) is 0 Å². The van der Waals surface area contributed by atoms with Gasteiger partial charge in [0.1, 0.15) is 0 Å². The van der Waals surface area contributed by atoms with Gasteiger partial charge in [-0.2, -0.15) is 0 Å². The van der Waals surface area contributed by atoms with E-state index in [4.69, 9.17) is 0 Å². The second-order valence-electron chi connectivity index (χ2n) is 5.73. The molecule has 4 rings (SSSR count). The Hall–Kier alpha value is 0.150. The van der Waals surface area contributed by atoms with Crippen molar-refractivity contribution >= 4 is 10.8 Å². The Morgan fingerprint density at radius 1 is 1.07 bits per heavy atom. The zero-order valence-corrected chi connectivity index (χ0v) is 9.81. The minimum atomic E-state index is -0.532. The molecule has 1 nitrogen and oxygen atoms in total. The Balaban J connectivity index is 1.91. The van der Waals surface area contributed by atoms with Gasteiger partial charge >= 0.3 is 0 Å². The van der Waals surface area contributed by atoms with E-state index in [1.165, 1.54) is 38.5 Å². The second-order valence-corrected chi connectivity index (χ2v) is 7.87. The summed E-state index contributed by atoms with van der Waals surface area (Å²) in [5, 5.41) is 0. The van der Waals surface area contributed by atoms with Crippen LogP contribution in [0.4, 0.5) is 0 Å². The molecule has 0 aromatic carbocycles. The first-order chi connectivity index (χ1) is 6.72. The molecular weight excluding hydrogens is 192 g/mol. The van der Waals surface area contributed by atoms with E-state index in [0.717, 1.165) is 23.5 Å². The van der Waals surface area contributed by atoms with E-state index in [9.17, 15) is 4.21 Å². The van der Waals surface area contributed by atoms with Gasteiger partial charge in [0.2, 0.25) is 0 Å². The zero-order valence-electron chi connectivity index (χ0n) is 9.00. The molecule has 0 aliphatic heterocycles. The second kappa shape index (κ2) is 3.07. The van der Waals surface area contributed by atoms with Gasteiger partial charge in [0.25, 0.3) is 0 Å². The van der Waals surface area contributed by atoms with Crippen molar-refractivity contribution in [2.45, 2.75) is 50.2 Å². The Morgan fingerprint density at radius 2 is 1.50 bits per heavy atom. The molecule has 80 valence electrons. The highest BCUT2D eigenvalue weighted by Crippen LogP contribution is 2.57. The first-order valence-corrected chi connectivity index (χ1v) is 7.42. The van der Waals surface area contributed by atoms with Crippen LogP contribution in [0.15, 0.2) is 0 Å². The third kappa shape index (κ3) is 1.22. The summed E-state index contributed by atoms with van der Waals surface area (Å²) in [6, 6.07) is 0. The van der Waals surface area contributed by atoms with Crippen molar-refractivity contribution in [3.63, 3.8) is 0 Å². The van der Waals surface area contributed by atoms with Crippen LogP contribution >= 0.6 is 0 Å². The molecule has 1 unspecified atom stereocenters. The van der Waals surface area contributed by atoms with Crippen LogP contribution < -0.4 is 0 Å². The van der Waals surface area contributed by atoms with Crippen molar-refractivity contribution in [3.8, 4) is 0 Å². The van der Waals surface area contributed by atoms with Gasteiger partial charge in [-0.25, -0.2) is 0 Å². The summed E-state index contributed by atoms with van der Waals surface area (Å²) in [6.07, 6.45) is 8.25. The molecule has 0 radical (unpaired) electrons. The monoisotopic (exact) mass is 212 g/mol. The van der Waals surface area contributed by atoms with Crippen LogP contribution in [0.5, 0.6) is 0 Å². The fourth-order valence-corrected chi connectivity index (χ4v) is 6.49. The van der Waals surface area contributed by atoms with Gasteiger partial charge in [-0.3, -0.25) is 4.21 Å². The highest BCUT2D eigenvalue weighted by molar-refractivity contribution is 7.86. The summed E-state index contributed by atoms with van der Waals surface area (Å²) in [4.78, 5) is 0. The molecule has 14 heavy (non-hydrogen) atoms. The van der Waals surface area contributed by atoms with Gasteiger partial charge in [0, 0.05) is 21.3 Å². The van der Waals surface area contributed by atoms with Crippen molar-refractivity contribution in [1.29, 1.82) is 0 Å². The summed E-state index contributed by atoms with van der Waals surface area (Å²) >= 11 is 0. The van der Waals surface area contributed by atoms with Gasteiger partial charge in [-0.1, -0.05) is 6.92 Å². The van der Waals surface area contributed by atoms with Gasteiger partial charge in [-0.05, 0) is 56.3 Å². The van der Waals surface area contributed by atoms with Crippen LogP contribution in [-0.4, -0.2) is 14.7 Å². The van der Waals surface area contributed by atoms with Crippen molar-refractivity contribution in [2.24, 2.45) is 17.8 Å². The molecule has 4 saturated carbocycles. The number of hydrogen-bond donors (Lipinski definition) is 0. The average molecular weight is 212 g/mol. The molecule has 0 heterocycles. The maximum absolute atomic E-state index is 12.2. The van der Waals surface area contributed by atoms with E-state index in [1.807, 2.05) is 0 Å². The lowest BCUT2D eigenvalue weighted by Crippen LogP contribution is -2.53. The normalized spacial score (nSPS) is 52.2. The maximum atomic E-state index is 12.2. The Labute approximate surface area is 89.1 Å². The summed E-state index contributed by atoms with van der Waals surface area (Å²) in [7, 11) is -0.532. The maximum Gasteiger partial charge on any atom is 0.0467 e. The van der Waals surface area contributed by atoms with Crippen LogP contribution in [0.3, 0.4) is 0 Å². The molecule has 0 amide bonds. The highest BCUT2D eigenvalue weighted by Gasteiger charge is 2.53. The number of rotatable bonds is 2. The van der Waals surface area contributed by atoms with Crippen LogP contribution in [0, 0.1) is 17.8 Å². The van der Waals surface area contributed by atoms with Gasteiger partial charge < -0.3 is 0 Å². The Morgan fingerprint density at radius 3 is 1.86 bits per heavy atom. The topological polar surface area (TPSA) is 17.1 Å². The Kier molecular flexibility index (Phi) is 2.06. The smallest absolute Gasteiger partial charge is 0.0467 e. The summed E-state index contributed by atoms with van der Waals surface area (Å²) in [6.45, 7) is 2.09. The lowest BCUT2D eigenvalue weighted by Gasteiger charge is -2.56. The van der Waals surface area contributed by atoms with Crippen molar-refractivity contribution in [3.05, 3.63) is 0 Å². The molecular formula is C12H20OS. The van der Waals surface area contributed by atoms with Gasteiger partial charge in [0.05, 0.1) is 0 Å². The molecule has 2 heteroatoms. The molecule has 4 aliphatic carbocycles. The van der Waals surface area contributed by atoms with E-state index >= 15 is 0 Å². The fraction of sp³-hybridized carbons (Fsp3) is 1.00. The van der Waals surface area contributed by atoms with E-state index < -0.39 is 10.8 Å². The fourth-order valence-electron chi connectivity index (χ4n) is 4.62. The van der Waals surface area contributed by atoms with E-state index in [0.29, 0.717) is 0 Å². The average Bonchev–Trinajstić information content (AvgIpc) is 2.14. The van der Waals surface area contributed by atoms with E-state index in [2.05, 4.69) is 6.92 Å². The SMILES string of the molecule is CCS(=O)C12CC3CC(CC(C3)C1)C2. The van der Waals surface area contributed by atoms with Crippen LogP contribution in [0.1, 0.15) is 45.4 Å². The molecule has 0 aromatic rings. The summed E-state index contributed by atoms with van der Waals surface area (Å²) in [5.74, 6) is 3.71. The minimum absolute atomic E-state index is 0.281. The molecule has 4 aliphatic rings. The van der Waals surface area contributed by atoms with Gasteiger partial charge in [-0.15, -0.1) is 0 Å². The first-order valence-electron chi connectivity index (χ1n) is 6.10. The number of hydrogen-bond acceptors (Lipinski definition) is 1. The summed E-state index contributed by atoms with van der Waals surface area (Å²) in [5.41, 5.74) is 0. The van der Waals surface area contributed by atoms with Crippen molar-refractivity contribution < 1.29 is 4.21 Å². The molecule has 0 N–H and O–H groups in total. The zero-order chi connectivity index (χ0) is 9.76. The minimum Gasteiger partial charge on any atom is -0.259 e. The van der Waals surface area contributed by atoms with Crippen LogP contribution in [0.2, 0.25) is 0 Å². The molecule has 1 atom stereocenters. The van der Waals surface area contributed by atoms with Crippen molar-refractivity contribution in [2.75, 3.05) is 5.75 Å². The molecule has 0 spiro atoms. The quantitative estimate of drug-likeness (QED) is 0.688. The van der Waals surface area contributed by atoms with Gasteiger partial charge in [0.15, 0.2) is 0 Å². The lowest BCUT2D eigenvalue weighted by molar-refractivity contribution is 0.0361. The molecule has 4 bridgehead atoms. The van der Waals surface area contributed by atoms with Crippen LogP contribution in [0.25, 0.3) is 0 Å². The third-order valence-electron chi connectivity index (χ3n) is 4.73. The summed E-state index contributed by atoms with van der Waals surface area (Å²) < 4.78 is 12.5. The first kappa shape index (κ1) is 9.38. The highest BCUT2D eigenvalue weighted by atomic mass is 32.2. The third-order valence-corrected chi connectivity index (χ3v) is 6.72. The van der Waals surface area contributed by atoms with Crippen LogP contribution in [-0.2, 0) is 10.8 Å². The molecule has 4 fully saturated rings. The largest absolute Gasteiger partial charge is 0.259 e. The molecule has 0 aromatic heterocycles. The molecule has 0 saturated heterocycles. The Bertz CT molecular complexity index is 236. The van der Waals surface area contributed by atoms with E-state index in [-0.39, 0.29) is 4.75 Å². The van der Waals surface area contributed by atoms with Crippen molar-refractivity contribution in [1.82, 2.24) is 0 Å². The standard InChI is InChI=1S/C12H20OS/c1-2-14(13)12-6-9-3-10(7-12)5-11(4-9)8-12/h9-11H,2-8H2,1H3.